The van der Waals surface area contributed by atoms with E-state index in [1.54, 1.807) is 6.07 Å². The average Bonchev–Trinajstić information content (AvgIpc) is 2.80. The SMILES string of the molecule is CC=CCN1[C@H](C)CN(C(c2ccc(C(=O)N(CC)CC)cc2)c2cccc(O)c2)C[C@@H]1C. The molecule has 0 spiro atoms. The maximum absolute atomic E-state index is 12.8. The molecule has 33 heavy (non-hydrogen) atoms. The average molecular weight is 450 g/mol. The molecule has 0 aromatic heterocycles. The highest BCUT2D eigenvalue weighted by atomic mass is 16.3. The van der Waals surface area contributed by atoms with E-state index >= 15 is 0 Å². The van der Waals surface area contributed by atoms with E-state index in [2.05, 4.69) is 60.9 Å². The number of allylic oxidation sites excluding steroid dienone is 1. The molecule has 0 aliphatic carbocycles. The molecule has 1 heterocycles. The molecule has 0 saturated carbocycles. The molecule has 5 nitrogen and oxygen atoms in total. The van der Waals surface area contributed by atoms with Crippen LogP contribution < -0.4 is 0 Å². The Hall–Kier alpha value is -2.63. The van der Waals surface area contributed by atoms with Crippen molar-refractivity contribution in [2.75, 3.05) is 32.7 Å². The first-order valence-corrected chi connectivity index (χ1v) is 12.2. The number of phenolic OH excluding ortho intramolecular Hbond substituents is 1. The number of hydrogen-bond acceptors (Lipinski definition) is 4. The summed E-state index contributed by atoms with van der Waals surface area (Å²) in [4.78, 5) is 19.7. The molecule has 1 fully saturated rings. The van der Waals surface area contributed by atoms with Gasteiger partial charge in [-0.25, -0.2) is 0 Å². The first kappa shape index (κ1) is 25.0. The molecule has 1 saturated heterocycles. The van der Waals surface area contributed by atoms with Gasteiger partial charge in [0.05, 0.1) is 6.04 Å². The number of rotatable bonds is 8. The van der Waals surface area contributed by atoms with Gasteiger partial charge in [0, 0.05) is 50.4 Å². The van der Waals surface area contributed by atoms with Crippen LogP contribution in [0, 0.1) is 0 Å². The molecule has 0 radical (unpaired) electrons. The molecule has 178 valence electrons. The number of carbonyl (C=O) groups excluding carboxylic acids is 1. The highest BCUT2D eigenvalue weighted by Gasteiger charge is 2.33. The van der Waals surface area contributed by atoms with E-state index in [0.717, 1.165) is 36.3 Å². The summed E-state index contributed by atoms with van der Waals surface area (Å²) in [7, 11) is 0. The van der Waals surface area contributed by atoms with Gasteiger partial charge in [-0.05, 0) is 70.0 Å². The number of amides is 1. The van der Waals surface area contributed by atoms with E-state index in [1.165, 1.54) is 0 Å². The van der Waals surface area contributed by atoms with Crippen molar-refractivity contribution < 1.29 is 9.90 Å². The Morgan fingerprint density at radius 1 is 1.06 bits per heavy atom. The minimum atomic E-state index is 0.0171. The number of phenols is 1. The highest BCUT2D eigenvalue weighted by molar-refractivity contribution is 5.94. The zero-order chi connectivity index (χ0) is 24.0. The van der Waals surface area contributed by atoms with Crippen LogP contribution in [0.2, 0.25) is 0 Å². The van der Waals surface area contributed by atoms with Gasteiger partial charge in [-0.3, -0.25) is 14.6 Å². The summed E-state index contributed by atoms with van der Waals surface area (Å²) in [5, 5.41) is 10.2. The van der Waals surface area contributed by atoms with Crippen molar-refractivity contribution in [3.63, 3.8) is 0 Å². The minimum Gasteiger partial charge on any atom is -0.508 e. The summed E-state index contributed by atoms with van der Waals surface area (Å²) in [6.07, 6.45) is 4.34. The van der Waals surface area contributed by atoms with E-state index in [0.29, 0.717) is 25.2 Å². The van der Waals surface area contributed by atoms with Gasteiger partial charge in [-0.1, -0.05) is 36.4 Å². The number of nitrogens with zero attached hydrogens (tertiary/aromatic N) is 3. The maximum Gasteiger partial charge on any atom is 0.253 e. The van der Waals surface area contributed by atoms with Gasteiger partial charge in [0.25, 0.3) is 5.91 Å². The van der Waals surface area contributed by atoms with Gasteiger partial charge >= 0.3 is 0 Å². The van der Waals surface area contributed by atoms with E-state index in [4.69, 9.17) is 0 Å². The standard InChI is InChI=1S/C28H39N3O2/c1-6-9-17-31-21(4)19-30(20-22(31)5)27(25-11-10-12-26(32)18-25)23-13-15-24(16-14-23)28(33)29(7-2)8-3/h6,9-16,18,21-22,27,32H,7-8,17,19-20H2,1-5H3/t21-,22+,27?. The topological polar surface area (TPSA) is 47.0 Å². The molecule has 1 aliphatic rings. The number of benzene rings is 2. The fourth-order valence-corrected chi connectivity index (χ4v) is 5.01. The fraction of sp³-hybridized carbons (Fsp3) is 0.464. The van der Waals surface area contributed by atoms with Crippen molar-refractivity contribution in [1.29, 1.82) is 0 Å². The minimum absolute atomic E-state index is 0.0171. The van der Waals surface area contributed by atoms with Gasteiger partial charge < -0.3 is 10.0 Å². The lowest BCUT2D eigenvalue weighted by atomic mass is 9.93. The lowest BCUT2D eigenvalue weighted by molar-refractivity contribution is 0.0322. The van der Waals surface area contributed by atoms with E-state index in [1.807, 2.05) is 43.0 Å². The summed E-state index contributed by atoms with van der Waals surface area (Å²) in [5.74, 6) is 0.346. The van der Waals surface area contributed by atoms with Crippen LogP contribution in [0.25, 0.3) is 0 Å². The van der Waals surface area contributed by atoms with Crippen molar-refractivity contribution in [1.82, 2.24) is 14.7 Å². The fourth-order valence-electron chi connectivity index (χ4n) is 5.01. The Morgan fingerprint density at radius 2 is 1.70 bits per heavy atom. The second-order valence-electron chi connectivity index (χ2n) is 9.01. The van der Waals surface area contributed by atoms with Crippen LogP contribution in [0.4, 0.5) is 0 Å². The van der Waals surface area contributed by atoms with Gasteiger partial charge in [0.1, 0.15) is 5.75 Å². The van der Waals surface area contributed by atoms with E-state index in [-0.39, 0.29) is 17.7 Å². The molecular formula is C28H39N3O2. The molecule has 2 aromatic rings. The second-order valence-corrected chi connectivity index (χ2v) is 9.01. The third kappa shape index (κ3) is 5.84. The molecule has 3 atom stereocenters. The van der Waals surface area contributed by atoms with Crippen LogP contribution in [0.5, 0.6) is 5.75 Å². The zero-order valence-corrected chi connectivity index (χ0v) is 20.7. The Morgan fingerprint density at radius 3 is 2.24 bits per heavy atom. The van der Waals surface area contributed by atoms with Crippen LogP contribution in [0.3, 0.4) is 0 Å². The van der Waals surface area contributed by atoms with Crippen molar-refractivity contribution in [2.45, 2.75) is 52.7 Å². The van der Waals surface area contributed by atoms with Crippen LogP contribution >= 0.6 is 0 Å². The predicted molar refractivity (Wildman–Crippen MR) is 136 cm³/mol. The molecular weight excluding hydrogens is 410 g/mol. The molecule has 1 aliphatic heterocycles. The van der Waals surface area contributed by atoms with Gasteiger partial charge in [-0.2, -0.15) is 0 Å². The van der Waals surface area contributed by atoms with Crippen LogP contribution in [-0.4, -0.2) is 70.5 Å². The van der Waals surface area contributed by atoms with Crippen LogP contribution in [-0.2, 0) is 0 Å². The van der Waals surface area contributed by atoms with Gasteiger partial charge in [0.15, 0.2) is 0 Å². The molecule has 0 bridgehead atoms. The number of aromatic hydroxyl groups is 1. The Kier molecular flexibility index (Phi) is 8.70. The number of hydrogen-bond donors (Lipinski definition) is 1. The summed E-state index contributed by atoms with van der Waals surface area (Å²) in [5.41, 5.74) is 2.92. The summed E-state index contributed by atoms with van der Waals surface area (Å²) in [6.45, 7) is 14.9. The smallest absolute Gasteiger partial charge is 0.253 e. The Balaban J connectivity index is 1.93. The second kappa shape index (κ2) is 11.5. The van der Waals surface area contributed by atoms with Crippen LogP contribution in [0.1, 0.15) is 62.1 Å². The van der Waals surface area contributed by atoms with E-state index in [9.17, 15) is 9.90 Å². The Bertz CT molecular complexity index is 924. The van der Waals surface area contributed by atoms with Gasteiger partial charge in [-0.15, -0.1) is 0 Å². The first-order valence-electron chi connectivity index (χ1n) is 12.2. The number of piperazine rings is 1. The molecule has 1 N–H and O–H groups in total. The number of carbonyl (C=O) groups is 1. The summed E-state index contributed by atoms with van der Waals surface area (Å²) >= 11 is 0. The summed E-state index contributed by atoms with van der Waals surface area (Å²) in [6, 6.07) is 16.5. The van der Waals surface area contributed by atoms with Crippen molar-refractivity contribution >= 4 is 5.91 Å². The highest BCUT2D eigenvalue weighted by Crippen LogP contribution is 2.33. The predicted octanol–water partition coefficient (Wildman–Crippen LogP) is 4.93. The maximum atomic E-state index is 12.8. The first-order chi connectivity index (χ1) is 15.9. The van der Waals surface area contributed by atoms with Crippen molar-refractivity contribution in [2.24, 2.45) is 0 Å². The van der Waals surface area contributed by atoms with Crippen molar-refractivity contribution in [3.05, 3.63) is 77.4 Å². The molecule has 2 aromatic carbocycles. The van der Waals surface area contributed by atoms with Crippen molar-refractivity contribution in [3.8, 4) is 5.75 Å². The monoisotopic (exact) mass is 449 g/mol. The molecule has 3 rings (SSSR count). The van der Waals surface area contributed by atoms with Gasteiger partial charge in [0.2, 0.25) is 0 Å². The Labute approximate surface area is 199 Å². The molecule has 5 heteroatoms. The van der Waals surface area contributed by atoms with E-state index < -0.39 is 0 Å². The molecule has 1 amide bonds. The third-order valence-electron chi connectivity index (χ3n) is 6.76. The zero-order valence-electron chi connectivity index (χ0n) is 20.7. The largest absolute Gasteiger partial charge is 0.508 e. The summed E-state index contributed by atoms with van der Waals surface area (Å²) < 4.78 is 0. The van der Waals surface area contributed by atoms with Crippen LogP contribution in [0.15, 0.2) is 60.7 Å². The normalized spacial score (nSPS) is 20.8. The lowest BCUT2D eigenvalue weighted by Crippen LogP contribution is -2.57. The molecule has 1 unspecified atom stereocenters. The lowest BCUT2D eigenvalue weighted by Gasteiger charge is -2.47. The third-order valence-corrected chi connectivity index (χ3v) is 6.76. The quantitative estimate of drug-likeness (QED) is 0.580.